The Bertz CT molecular complexity index is 491. The molecule has 0 amide bonds. The fraction of sp³-hybridized carbons (Fsp3) is 0.462. The van der Waals surface area contributed by atoms with Gasteiger partial charge in [-0.2, -0.15) is 5.10 Å². The van der Waals surface area contributed by atoms with Gasteiger partial charge in [0.25, 0.3) is 0 Å². The van der Waals surface area contributed by atoms with Gasteiger partial charge in [-0.3, -0.25) is 4.68 Å². The molecule has 2 aromatic rings. The molecule has 2 aromatic heterocycles. The van der Waals surface area contributed by atoms with Crippen LogP contribution in [0, 0.1) is 0 Å². The van der Waals surface area contributed by atoms with E-state index in [9.17, 15) is 0 Å². The lowest BCUT2D eigenvalue weighted by molar-refractivity contribution is 0.568. The molecule has 0 aromatic carbocycles. The number of nitrogens with zero attached hydrogens (tertiary/aromatic N) is 4. The number of hydrogen-bond acceptors (Lipinski definition) is 4. The van der Waals surface area contributed by atoms with E-state index in [1.165, 1.54) is 0 Å². The minimum absolute atomic E-state index is 0.0917. The fourth-order valence-electron chi connectivity index (χ4n) is 2.04. The quantitative estimate of drug-likeness (QED) is 0.866. The van der Waals surface area contributed by atoms with Crippen LogP contribution in [0.5, 0.6) is 0 Å². The summed E-state index contributed by atoms with van der Waals surface area (Å²) < 4.78 is 1.93. The Morgan fingerprint density at radius 3 is 2.56 bits per heavy atom. The molecule has 0 bridgehead atoms. The predicted octanol–water partition coefficient (Wildman–Crippen LogP) is 1.47. The molecule has 96 valence electrons. The molecular formula is C13H19N5. The summed E-state index contributed by atoms with van der Waals surface area (Å²) in [6.07, 6.45) is 6.18. The van der Waals surface area contributed by atoms with Gasteiger partial charge in [0.1, 0.15) is 6.33 Å². The van der Waals surface area contributed by atoms with Gasteiger partial charge in [0.15, 0.2) is 0 Å². The van der Waals surface area contributed by atoms with Gasteiger partial charge >= 0.3 is 0 Å². The highest BCUT2D eigenvalue weighted by Gasteiger charge is 2.18. The van der Waals surface area contributed by atoms with Gasteiger partial charge in [-0.15, -0.1) is 0 Å². The zero-order valence-electron chi connectivity index (χ0n) is 11.1. The Kier molecular flexibility index (Phi) is 4.04. The van der Waals surface area contributed by atoms with E-state index in [2.05, 4.69) is 40.3 Å². The van der Waals surface area contributed by atoms with Crippen molar-refractivity contribution in [2.24, 2.45) is 7.05 Å². The second-order valence-corrected chi connectivity index (χ2v) is 4.20. The summed E-state index contributed by atoms with van der Waals surface area (Å²) in [7, 11) is 1.97. The number of nitrogens with one attached hydrogen (secondary N) is 1. The molecule has 1 unspecified atom stereocenters. The normalized spacial score (nSPS) is 12.6. The minimum Gasteiger partial charge on any atom is -0.305 e. The Balaban J connectivity index is 2.38. The third-order valence-corrected chi connectivity index (χ3v) is 2.95. The third-order valence-electron chi connectivity index (χ3n) is 2.95. The second kappa shape index (κ2) is 5.73. The van der Waals surface area contributed by atoms with Gasteiger partial charge in [-0.25, -0.2) is 9.97 Å². The highest BCUT2D eigenvalue weighted by molar-refractivity contribution is 5.25. The number of aryl methyl sites for hydroxylation is 2. The van der Waals surface area contributed by atoms with Crippen molar-refractivity contribution in [3.8, 4) is 0 Å². The van der Waals surface area contributed by atoms with Crippen LogP contribution < -0.4 is 5.32 Å². The van der Waals surface area contributed by atoms with E-state index < -0.39 is 0 Å². The van der Waals surface area contributed by atoms with Gasteiger partial charge < -0.3 is 5.32 Å². The highest BCUT2D eigenvalue weighted by Crippen LogP contribution is 2.21. The maximum absolute atomic E-state index is 4.49. The van der Waals surface area contributed by atoms with E-state index in [1.807, 2.05) is 24.1 Å². The van der Waals surface area contributed by atoms with E-state index in [0.717, 1.165) is 29.9 Å². The Hall–Kier alpha value is -1.75. The molecule has 0 fully saturated rings. The van der Waals surface area contributed by atoms with E-state index in [4.69, 9.17) is 0 Å². The zero-order valence-corrected chi connectivity index (χ0v) is 11.1. The molecule has 1 N–H and O–H groups in total. The number of aromatic nitrogens is 4. The van der Waals surface area contributed by atoms with Crippen molar-refractivity contribution < 1.29 is 0 Å². The van der Waals surface area contributed by atoms with Crippen molar-refractivity contribution in [2.75, 3.05) is 6.54 Å². The van der Waals surface area contributed by atoms with Crippen molar-refractivity contribution in [2.45, 2.75) is 26.3 Å². The summed E-state index contributed by atoms with van der Waals surface area (Å²) in [6.45, 7) is 5.08. The molecule has 5 nitrogen and oxygen atoms in total. The first-order chi connectivity index (χ1) is 8.76. The standard InChI is InChI=1S/C13H19N5/c1-4-11-6-12(18(3)17-11)13(16-5-2)10-7-14-9-15-8-10/h6-9,13,16H,4-5H2,1-3H3. The monoisotopic (exact) mass is 245 g/mol. The number of hydrogen-bond donors (Lipinski definition) is 1. The molecule has 0 aliphatic carbocycles. The Morgan fingerprint density at radius 2 is 2.00 bits per heavy atom. The molecule has 0 saturated heterocycles. The molecule has 2 rings (SSSR count). The topological polar surface area (TPSA) is 55.6 Å². The van der Waals surface area contributed by atoms with Crippen molar-refractivity contribution in [1.29, 1.82) is 0 Å². The van der Waals surface area contributed by atoms with Crippen molar-refractivity contribution >= 4 is 0 Å². The van der Waals surface area contributed by atoms with Crippen molar-refractivity contribution in [1.82, 2.24) is 25.1 Å². The van der Waals surface area contributed by atoms with Crippen molar-refractivity contribution in [3.63, 3.8) is 0 Å². The summed E-state index contributed by atoms with van der Waals surface area (Å²) in [5, 5.41) is 7.95. The summed E-state index contributed by atoms with van der Waals surface area (Å²) in [4.78, 5) is 8.18. The number of rotatable bonds is 5. The first-order valence-electron chi connectivity index (χ1n) is 6.27. The highest BCUT2D eigenvalue weighted by atomic mass is 15.3. The Morgan fingerprint density at radius 1 is 1.28 bits per heavy atom. The van der Waals surface area contributed by atoms with Crippen LogP contribution >= 0.6 is 0 Å². The molecule has 1 atom stereocenters. The summed E-state index contributed by atoms with van der Waals surface area (Å²) in [5.41, 5.74) is 3.31. The van der Waals surface area contributed by atoms with Gasteiger partial charge in [0.05, 0.1) is 17.4 Å². The summed E-state index contributed by atoms with van der Waals surface area (Å²) in [6, 6.07) is 2.23. The smallest absolute Gasteiger partial charge is 0.115 e. The van der Waals surface area contributed by atoms with Gasteiger partial charge in [0.2, 0.25) is 0 Å². The molecule has 0 saturated carbocycles. The summed E-state index contributed by atoms with van der Waals surface area (Å²) >= 11 is 0. The van der Waals surface area contributed by atoms with Crippen LogP contribution in [-0.4, -0.2) is 26.3 Å². The van der Waals surface area contributed by atoms with Gasteiger partial charge in [0, 0.05) is 25.0 Å². The van der Waals surface area contributed by atoms with Gasteiger partial charge in [-0.1, -0.05) is 13.8 Å². The van der Waals surface area contributed by atoms with Crippen LogP contribution in [0.3, 0.4) is 0 Å². The van der Waals surface area contributed by atoms with Gasteiger partial charge in [-0.05, 0) is 19.0 Å². The molecule has 0 aliphatic rings. The van der Waals surface area contributed by atoms with Crippen LogP contribution in [0.15, 0.2) is 24.8 Å². The van der Waals surface area contributed by atoms with Crippen LogP contribution in [0.4, 0.5) is 0 Å². The molecule has 0 aliphatic heterocycles. The lowest BCUT2D eigenvalue weighted by Crippen LogP contribution is -2.24. The average Bonchev–Trinajstić information content (AvgIpc) is 2.78. The van der Waals surface area contributed by atoms with Crippen LogP contribution in [0.1, 0.15) is 36.8 Å². The SMILES string of the molecule is CCNC(c1cncnc1)c1cc(CC)nn1C. The molecule has 5 heteroatoms. The van der Waals surface area contributed by atoms with Crippen LogP contribution in [0.2, 0.25) is 0 Å². The molecule has 0 spiro atoms. The predicted molar refractivity (Wildman–Crippen MR) is 70.1 cm³/mol. The molecular weight excluding hydrogens is 226 g/mol. The molecule has 2 heterocycles. The first kappa shape index (κ1) is 12.7. The summed E-state index contributed by atoms with van der Waals surface area (Å²) in [5.74, 6) is 0. The lowest BCUT2D eigenvalue weighted by Gasteiger charge is -2.17. The third kappa shape index (κ3) is 2.56. The maximum Gasteiger partial charge on any atom is 0.115 e. The maximum atomic E-state index is 4.49. The molecule has 18 heavy (non-hydrogen) atoms. The van der Waals surface area contributed by atoms with E-state index >= 15 is 0 Å². The lowest BCUT2D eigenvalue weighted by atomic mass is 10.1. The minimum atomic E-state index is 0.0917. The van der Waals surface area contributed by atoms with Crippen LogP contribution in [0.25, 0.3) is 0 Å². The van der Waals surface area contributed by atoms with E-state index in [-0.39, 0.29) is 6.04 Å². The second-order valence-electron chi connectivity index (χ2n) is 4.20. The van der Waals surface area contributed by atoms with Crippen LogP contribution in [-0.2, 0) is 13.5 Å². The Labute approximate surface area is 107 Å². The van der Waals surface area contributed by atoms with E-state index in [0.29, 0.717) is 0 Å². The van der Waals surface area contributed by atoms with Crippen molar-refractivity contribution in [3.05, 3.63) is 41.7 Å². The first-order valence-corrected chi connectivity index (χ1v) is 6.27. The largest absolute Gasteiger partial charge is 0.305 e. The van der Waals surface area contributed by atoms with E-state index in [1.54, 1.807) is 6.33 Å². The molecule has 0 radical (unpaired) electrons. The zero-order chi connectivity index (χ0) is 13.0. The average molecular weight is 245 g/mol. The fourth-order valence-corrected chi connectivity index (χ4v) is 2.04.